The minimum absolute atomic E-state index is 0.132. The van der Waals surface area contributed by atoms with E-state index in [-0.39, 0.29) is 18.2 Å². The van der Waals surface area contributed by atoms with Crippen LogP contribution in [0.4, 0.5) is 0 Å². The van der Waals surface area contributed by atoms with E-state index in [1.165, 1.54) is 0 Å². The Morgan fingerprint density at radius 3 is 2.12 bits per heavy atom. The van der Waals surface area contributed by atoms with E-state index in [0.717, 1.165) is 22.4 Å². The van der Waals surface area contributed by atoms with Gasteiger partial charge in [0.25, 0.3) is 0 Å². The zero-order valence-corrected chi connectivity index (χ0v) is 19.0. The van der Waals surface area contributed by atoms with Gasteiger partial charge in [-0.1, -0.05) is 66.2 Å². The van der Waals surface area contributed by atoms with Gasteiger partial charge in [-0.3, -0.25) is 9.59 Å². The molecular formula is C26H27ClN2O3. The van der Waals surface area contributed by atoms with Crippen molar-refractivity contribution in [1.29, 1.82) is 0 Å². The number of methoxy groups -OCH3 is 1. The van der Waals surface area contributed by atoms with Crippen molar-refractivity contribution in [2.75, 3.05) is 14.2 Å². The second-order valence-electron chi connectivity index (χ2n) is 7.49. The highest BCUT2D eigenvalue weighted by Gasteiger charge is 2.29. The highest BCUT2D eigenvalue weighted by molar-refractivity contribution is 6.30. The van der Waals surface area contributed by atoms with Gasteiger partial charge in [0.1, 0.15) is 11.8 Å². The van der Waals surface area contributed by atoms with Crippen LogP contribution in [0.15, 0.2) is 78.9 Å². The number of ether oxygens (including phenoxy) is 1. The highest BCUT2D eigenvalue weighted by atomic mass is 35.5. The molecule has 0 spiro atoms. The van der Waals surface area contributed by atoms with Crippen LogP contribution in [0.1, 0.15) is 16.7 Å². The maximum absolute atomic E-state index is 13.5. The number of hydrogen-bond donors (Lipinski definition) is 1. The van der Waals surface area contributed by atoms with E-state index < -0.39 is 6.04 Å². The number of nitrogens with zero attached hydrogens (tertiary/aromatic N) is 1. The Balaban J connectivity index is 1.91. The first-order chi connectivity index (χ1) is 15.5. The molecule has 0 radical (unpaired) electrons. The molecule has 6 heteroatoms. The standard InChI is InChI=1S/C26H27ClN2O3/c1-28-26(31)24(16-19-6-4-3-5-7-19)29(18-21-10-14-23(32-2)15-11-21)25(30)17-20-8-12-22(27)13-9-20/h3-15,24H,16-18H2,1-2H3,(H,28,31)/t24-/m1/s1. The Hall–Kier alpha value is -3.31. The monoisotopic (exact) mass is 450 g/mol. The minimum Gasteiger partial charge on any atom is -0.497 e. The van der Waals surface area contributed by atoms with Gasteiger partial charge < -0.3 is 15.0 Å². The van der Waals surface area contributed by atoms with Gasteiger partial charge >= 0.3 is 0 Å². The molecule has 1 atom stereocenters. The Kier molecular flexibility index (Phi) is 8.28. The third kappa shape index (κ3) is 6.34. The van der Waals surface area contributed by atoms with E-state index >= 15 is 0 Å². The van der Waals surface area contributed by atoms with Gasteiger partial charge in [0, 0.05) is 25.0 Å². The molecule has 0 aliphatic heterocycles. The molecular weight excluding hydrogens is 424 g/mol. The van der Waals surface area contributed by atoms with E-state index in [4.69, 9.17) is 16.3 Å². The second kappa shape index (κ2) is 11.3. The molecule has 0 heterocycles. The first-order valence-electron chi connectivity index (χ1n) is 10.4. The molecule has 0 saturated carbocycles. The Bertz CT molecular complexity index is 1020. The number of rotatable bonds is 9. The molecule has 0 bridgehead atoms. The van der Waals surface area contributed by atoms with Crippen LogP contribution >= 0.6 is 11.6 Å². The van der Waals surface area contributed by atoms with Crippen LogP contribution in [-0.4, -0.2) is 36.9 Å². The fraction of sp³-hybridized carbons (Fsp3) is 0.231. The summed E-state index contributed by atoms with van der Waals surface area (Å²) in [4.78, 5) is 28.0. The summed E-state index contributed by atoms with van der Waals surface area (Å²) < 4.78 is 5.24. The van der Waals surface area contributed by atoms with E-state index in [1.54, 1.807) is 31.2 Å². The largest absolute Gasteiger partial charge is 0.497 e. The average Bonchev–Trinajstić information content (AvgIpc) is 2.83. The fourth-order valence-corrected chi connectivity index (χ4v) is 3.65. The molecule has 0 unspecified atom stereocenters. The van der Waals surface area contributed by atoms with E-state index in [9.17, 15) is 9.59 Å². The summed E-state index contributed by atoms with van der Waals surface area (Å²) in [7, 11) is 3.20. The Labute approximate surface area is 194 Å². The summed E-state index contributed by atoms with van der Waals surface area (Å²) in [6, 6.07) is 23.8. The van der Waals surface area contributed by atoms with Crippen molar-refractivity contribution < 1.29 is 14.3 Å². The van der Waals surface area contributed by atoms with Gasteiger partial charge in [-0.05, 0) is 41.0 Å². The van der Waals surface area contributed by atoms with Gasteiger partial charge in [-0.25, -0.2) is 0 Å². The summed E-state index contributed by atoms with van der Waals surface area (Å²) in [5.41, 5.74) is 2.74. The smallest absolute Gasteiger partial charge is 0.242 e. The number of nitrogens with one attached hydrogen (secondary N) is 1. The maximum Gasteiger partial charge on any atom is 0.242 e. The van der Waals surface area contributed by atoms with Crippen LogP contribution in [0.25, 0.3) is 0 Å². The van der Waals surface area contributed by atoms with Crippen molar-refractivity contribution in [3.63, 3.8) is 0 Å². The summed E-state index contributed by atoms with van der Waals surface area (Å²) in [5.74, 6) is 0.402. The van der Waals surface area contributed by atoms with Crippen molar-refractivity contribution in [1.82, 2.24) is 10.2 Å². The lowest BCUT2D eigenvalue weighted by molar-refractivity contribution is -0.140. The Morgan fingerprint density at radius 2 is 1.53 bits per heavy atom. The number of likely N-dealkylation sites (N-methyl/N-ethyl adjacent to an activating group) is 1. The minimum atomic E-state index is -0.649. The lowest BCUT2D eigenvalue weighted by Crippen LogP contribution is -2.50. The van der Waals surface area contributed by atoms with Gasteiger partial charge in [0.2, 0.25) is 11.8 Å². The number of carbonyl (C=O) groups is 2. The molecule has 0 aromatic heterocycles. The lowest BCUT2D eigenvalue weighted by atomic mass is 10.0. The van der Waals surface area contributed by atoms with E-state index in [0.29, 0.717) is 18.0 Å². The number of carbonyl (C=O) groups excluding carboxylic acids is 2. The summed E-state index contributed by atoms with van der Waals surface area (Å²) in [6.45, 7) is 0.307. The van der Waals surface area contributed by atoms with Crippen molar-refractivity contribution in [3.05, 3.63) is 101 Å². The van der Waals surface area contributed by atoms with E-state index in [1.807, 2.05) is 66.7 Å². The molecule has 3 rings (SSSR count). The van der Waals surface area contributed by atoms with Gasteiger partial charge in [0.15, 0.2) is 0 Å². The third-order valence-electron chi connectivity index (χ3n) is 5.30. The van der Waals surface area contributed by atoms with Crippen molar-refractivity contribution >= 4 is 23.4 Å². The molecule has 0 fully saturated rings. The normalized spacial score (nSPS) is 11.5. The van der Waals surface area contributed by atoms with Crippen molar-refractivity contribution in [2.45, 2.75) is 25.4 Å². The number of halogens is 1. The van der Waals surface area contributed by atoms with Crippen molar-refractivity contribution in [3.8, 4) is 5.75 Å². The molecule has 0 aliphatic rings. The van der Waals surface area contributed by atoms with Gasteiger partial charge in [-0.15, -0.1) is 0 Å². The number of hydrogen-bond acceptors (Lipinski definition) is 3. The van der Waals surface area contributed by atoms with Crippen LogP contribution in [0, 0.1) is 0 Å². The summed E-state index contributed by atoms with van der Waals surface area (Å²) in [5, 5.41) is 3.34. The topological polar surface area (TPSA) is 58.6 Å². The summed E-state index contributed by atoms with van der Waals surface area (Å²) >= 11 is 5.99. The summed E-state index contributed by atoms with van der Waals surface area (Å²) in [6.07, 6.45) is 0.596. The quantitative estimate of drug-likeness (QED) is 0.529. The lowest BCUT2D eigenvalue weighted by Gasteiger charge is -2.31. The molecule has 2 amide bonds. The maximum atomic E-state index is 13.5. The molecule has 0 aliphatic carbocycles. The molecule has 166 valence electrons. The van der Waals surface area contributed by atoms with Crippen molar-refractivity contribution in [2.24, 2.45) is 0 Å². The van der Waals surface area contributed by atoms with Gasteiger partial charge in [-0.2, -0.15) is 0 Å². The first kappa shape index (κ1) is 23.4. The fourth-order valence-electron chi connectivity index (χ4n) is 3.53. The van der Waals surface area contributed by atoms with E-state index in [2.05, 4.69) is 5.32 Å². The third-order valence-corrected chi connectivity index (χ3v) is 5.55. The zero-order valence-electron chi connectivity index (χ0n) is 18.3. The zero-order chi connectivity index (χ0) is 22.9. The molecule has 1 N–H and O–H groups in total. The predicted molar refractivity (Wildman–Crippen MR) is 127 cm³/mol. The second-order valence-corrected chi connectivity index (χ2v) is 7.93. The predicted octanol–water partition coefficient (Wildman–Crippen LogP) is 4.28. The van der Waals surface area contributed by atoms with Crippen LogP contribution < -0.4 is 10.1 Å². The van der Waals surface area contributed by atoms with Crippen LogP contribution in [-0.2, 0) is 29.0 Å². The number of amides is 2. The molecule has 0 saturated heterocycles. The number of benzene rings is 3. The average molecular weight is 451 g/mol. The Morgan fingerprint density at radius 1 is 0.906 bits per heavy atom. The SMILES string of the molecule is CNC(=O)[C@@H](Cc1ccccc1)N(Cc1ccc(OC)cc1)C(=O)Cc1ccc(Cl)cc1. The van der Waals surface area contributed by atoms with Gasteiger partial charge in [0.05, 0.1) is 13.5 Å². The highest BCUT2D eigenvalue weighted by Crippen LogP contribution is 2.19. The molecule has 32 heavy (non-hydrogen) atoms. The van der Waals surface area contributed by atoms with Crippen LogP contribution in [0.3, 0.4) is 0 Å². The first-order valence-corrected chi connectivity index (χ1v) is 10.8. The van der Waals surface area contributed by atoms with Crippen LogP contribution in [0.5, 0.6) is 5.75 Å². The van der Waals surface area contributed by atoms with Crippen LogP contribution in [0.2, 0.25) is 5.02 Å². The molecule has 3 aromatic rings. The molecule has 5 nitrogen and oxygen atoms in total. The molecule has 3 aromatic carbocycles.